The Morgan fingerprint density at radius 1 is 1.12 bits per heavy atom. The molecule has 1 aliphatic heterocycles. The summed E-state index contributed by atoms with van der Waals surface area (Å²) in [6.07, 6.45) is -8.25. The number of aliphatic hydroxyl groups is 3. The highest BCUT2D eigenvalue weighted by Gasteiger charge is 2.45. The number of aliphatic hydroxyl groups excluding tert-OH is 3. The molecule has 13 heteroatoms. The quantitative estimate of drug-likeness (QED) is 0.271. The molecule has 140 valence electrons. The molecule has 0 bridgehead atoms. The maximum Gasteiger partial charge on any atom is 0.269 e. The van der Waals surface area contributed by atoms with Gasteiger partial charge < -0.3 is 43.7 Å². The number of nitrogens with zero attached hydrogens (tertiary/aromatic N) is 1. The second kappa shape index (κ2) is 7.72. The van der Waals surface area contributed by atoms with Crippen molar-refractivity contribution in [2.75, 3.05) is 6.61 Å². The predicted molar refractivity (Wildman–Crippen MR) is 74.0 cm³/mol. The van der Waals surface area contributed by atoms with E-state index >= 15 is 0 Å². The minimum atomic E-state index is -5.34. The van der Waals surface area contributed by atoms with Crippen LogP contribution in [0.3, 0.4) is 0 Å². The van der Waals surface area contributed by atoms with Crippen LogP contribution in [-0.4, -0.2) is 57.6 Å². The number of hydrogen-bond donors (Lipinski definition) is 3. The molecular weight excluding hydrogens is 365 g/mol. The van der Waals surface area contributed by atoms with E-state index in [-0.39, 0.29) is 11.4 Å². The molecule has 1 saturated heterocycles. The number of phosphoric ester groups is 1. The van der Waals surface area contributed by atoms with E-state index in [0.717, 1.165) is 12.1 Å². The van der Waals surface area contributed by atoms with Crippen LogP contribution in [0.1, 0.15) is 0 Å². The van der Waals surface area contributed by atoms with Crippen molar-refractivity contribution in [3.05, 3.63) is 34.4 Å². The summed E-state index contributed by atoms with van der Waals surface area (Å²) in [5.41, 5.74) is -0.208. The smallest absolute Gasteiger partial charge is 0.269 e. The fourth-order valence-electron chi connectivity index (χ4n) is 2.10. The van der Waals surface area contributed by atoms with E-state index in [4.69, 9.17) is 9.47 Å². The molecule has 0 saturated carbocycles. The van der Waals surface area contributed by atoms with Gasteiger partial charge in [0.1, 0.15) is 30.2 Å². The second-order valence-electron chi connectivity index (χ2n) is 5.13. The molecule has 25 heavy (non-hydrogen) atoms. The molecule has 1 aromatic rings. The third kappa shape index (κ3) is 5.17. The number of nitro benzene ring substituents is 1. The highest BCUT2D eigenvalue weighted by atomic mass is 31.2. The summed E-state index contributed by atoms with van der Waals surface area (Å²) in [4.78, 5) is 31.0. The SMILES string of the molecule is O=[N+]([O-])c1ccc(O[C@@H]2O[C@H](COP(=O)([O-])[O-])[C@@H](O)[C@H](O)[C@H]2O)cc1. The zero-order valence-electron chi connectivity index (χ0n) is 12.4. The van der Waals surface area contributed by atoms with Crippen LogP contribution in [0.4, 0.5) is 5.69 Å². The third-order valence-corrected chi connectivity index (χ3v) is 3.83. The molecule has 1 fully saturated rings. The number of rotatable bonds is 6. The van der Waals surface area contributed by atoms with Gasteiger partial charge in [-0.05, 0) is 12.1 Å². The van der Waals surface area contributed by atoms with Crippen LogP contribution >= 0.6 is 7.82 Å². The number of benzene rings is 1. The van der Waals surface area contributed by atoms with Gasteiger partial charge in [0.05, 0.1) is 19.4 Å². The lowest BCUT2D eigenvalue weighted by molar-refractivity contribution is -0.384. The summed E-state index contributed by atoms with van der Waals surface area (Å²) >= 11 is 0. The van der Waals surface area contributed by atoms with Gasteiger partial charge in [-0.15, -0.1) is 0 Å². The van der Waals surface area contributed by atoms with Crippen LogP contribution in [-0.2, 0) is 13.8 Å². The standard InChI is InChI=1S/C12H16NO11P/c14-9-8(5-22-25(19,20)21)24-12(11(16)10(9)15)23-7-3-1-6(2-4-7)13(17)18/h1-4,8-12,14-16H,5H2,(H2,19,20,21)/p-2/t8-,9-,10+,11-,12-/m1/s1. The van der Waals surface area contributed by atoms with Gasteiger partial charge in [-0.2, -0.15) is 0 Å². The predicted octanol–water partition coefficient (Wildman–Crippen LogP) is -2.37. The van der Waals surface area contributed by atoms with Gasteiger partial charge in [0, 0.05) is 12.1 Å². The molecule has 3 N–H and O–H groups in total. The molecule has 0 amide bonds. The number of non-ortho nitro benzene ring substituents is 1. The fraction of sp³-hybridized carbons (Fsp3) is 0.500. The van der Waals surface area contributed by atoms with Crippen LogP contribution in [0.5, 0.6) is 5.75 Å². The zero-order chi connectivity index (χ0) is 18.8. The number of ether oxygens (including phenoxy) is 2. The van der Waals surface area contributed by atoms with Crippen molar-refractivity contribution >= 4 is 13.5 Å². The van der Waals surface area contributed by atoms with Crippen molar-refractivity contribution in [1.82, 2.24) is 0 Å². The van der Waals surface area contributed by atoms with Gasteiger partial charge in [-0.1, -0.05) is 0 Å². The normalized spacial score (nSPS) is 30.0. The van der Waals surface area contributed by atoms with E-state index in [1.165, 1.54) is 12.1 Å². The number of nitro groups is 1. The summed E-state index contributed by atoms with van der Waals surface area (Å²) in [6.45, 7) is -0.894. The van der Waals surface area contributed by atoms with Crippen molar-refractivity contribution in [3.8, 4) is 5.75 Å². The van der Waals surface area contributed by atoms with E-state index in [1.54, 1.807) is 0 Å². The van der Waals surface area contributed by atoms with E-state index in [9.17, 15) is 39.8 Å². The Morgan fingerprint density at radius 3 is 2.24 bits per heavy atom. The van der Waals surface area contributed by atoms with Crippen LogP contribution in [0, 0.1) is 10.1 Å². The van der Waals surface area contributed by atoms with Gasteiger partial charge in [0.15, 0.2) is 0 Å². The second-order valence-corrected chi connectivity index (χ2v) is 6.28. The lowest BCUT2D eigenvalue weighted by Gasteiger charge is -2.41. The van der Waals surface area contributed by atoms with Crippen molar-refractivity contribution < 1.29 is 48.6 Å². The third-order valence-electron chi connectivity index (χ3n) is 3.37. The van der Waals surface area contributed by atoms with Gasteiger partial charge in [-0.25, -0.2) is 0 Å². The molecular formula is C12H14NO11P-2. The molecule has 1 heterocycles. The average Bonchev–Trinajstić information content (AvgIpc) is 2.54. The van der Waals surface area contributed by atoms with Gasteiger partial charge in [-0.3, -0.25) is 10.1 Å². The average molecular weight is 379 g/mol. The Hall–Kier alpha value is -1.63. The van der Waals surface area contributed by atoms with Gasteiger partial charge in [0.2, 0.25) is 6.29 Å². The van der Waals surface area contributed by atoms with E-state index < -0.39 is 50.1 Å². The van der Waals surface area contributed by atoms with Gasteiger partial charge in [0.25, 0.3) is 5.69 Å². The summed E-state index contributed by atoms with van der Waals surface area (Å²) in [6, 6.07) is 4.67. The van der Waals surface area contributed by atoms with E-state index in [1.807, 2.05) is 0 Å². The van der Waals surface area contributed by atoms with E-state index in [2.05, 4.69) is 4.52 Å². The van der Waals surface area contributed by atoms with Crippen molar-refractivity contribution in [1.29, 1.82) is 0 Å². The lowest BCUT2D eigenvalue weighted by atomic mass is 9.99. The first-order chi connectivity index (χ1) is 11.6. The lowest BCUT2D eigenvalue weighted by Crippen LogP contribution is -2.60. The van der Waals surface area contributed by atoms with Gasteiger partial charge >= 0.3 is 0 Å². The molecule has 5 atom stereocenters. The highest BCUT2D eigenvalue weighted by Crippen LogP contribution is 2.29. The summed E-state index contributed by atoms with van der Waals surface area (Å²) in [5, 5.41) is 40.0. The summed E-state index contributed by atoms with van der Waals surface area (Å²) in [5.74, 6) is 0.0382. The molecule has 0 spiro atoms. The Kier molecular flexibility index (Phi) is 6.08. The molecule has 1 aromatic carbocycles. The molecule has 1 aliphatic rings. The van der Waals surface area contributed by atoms with Crippen LogP contribution in [0.15, 0.2) is 24.3 Å². The Labute approximate surface area is 140 Å². The molecule has 0 aliphatic carbocycles. The topological polar surface area (TPSA) is 195 Å². The van der Waals surface area contributed by atoms with Crippen molar-refractivity contribution in [3.63, 3.8) is 0 Å². The first-order valence-corrected chi connectivity index (χ1v) is 8.32. The van der Waals surface area contributed by atoms with Crippen LogP contribution in [0.2, 0.25) is 0 Å². The number of phosphoric acid groups is 1. The van der Waals surface area contributed by atoms with Crippen molar-refractivity contribution in [2.24, 2.45) is 0 Å². The Morgan fingerprint density at radius 2 is 1.72 bits per heavy atom. The van der Waals surface area contributed by atoms with Crippen molar-refractivity contribution in [2.45, 2.75) is 30.7 Å². The van der Waals surface area contributed by atoms with Crippen LogP contribution < -0.4 is 14.5 Å². The molecule has 0 aromatic heterocycles. The minimum Gasteiger partial charge on any atom is -0.790 e. The first-order valence-electron chi connectivity index (χ1n) is 6.86. The summed E-state index contributed by atoms with van der Waals surface area (Å²) < 4.78 is 24.9. The maximum absolute atomic E-state index is 10.6. The van der Waals surface area contributed by atoms with Crippen LogP contribution in [0.25, 0.3) is 0 Å². The zero-order valence-corrected chi connectivity index (χ0v) is 13.3. The maximum atomic E-state index is 10.6. The van der Waals surface area contributed by atoms with E-state index in [0.29, 0.717) is 0 Å². The number of hydrogen-bond acceptors (Lipinski definition) is 11. The molecule has 0 unspecified atom stereocenters. The Bertz CT molecular complexity index is 647. The summed E-state index contributed by atoms with van der Waals surface area (Å²) in [7, 11) is -5.34. The highest BCUT2D eigenvalue weighted by molar-refractivity contribution is 7.43. The molecule has 12 nitrogen and oxygen atoms in total. The first kappa shape index (κ1) is 19.7. The Balaban J connectivity index is 2.07. The largest absolute Gasteiger partial charge is 0.790 e. The molecule has 0 radical (unpaired) electrons. The fourth-order valence-corrected chi connectivity index (χ4v) is 2.43. The monoisotopic (exact) mass is 379 g/mol. The molecule has 2 rings (SSSR count). The minimum absolute atomic E-state index is 0.0382.